The first-order valence-electron chi connectivity index (χ1n) is 7.28. The monoisotopic (exact) mass is 341 g/mol. The molecule has 1 rings (SSSR count). The average molecular weight is 342 g/mol. The predicted molar refractivity (Wildman–Crippen MR) is 88.3 cm³/mol. The third kappa shape index (κ3) is 8.47. The number of methoxy groups -OCH3 is 1. The summed E-state index contributed by atoms with van der Waals surface area (Å²) in [5.41, 5.74) is 0.802. The number of benzene rings is 1. The van der Waals surface area contributed by atoms with Crippen LogP contribution in [0.4, 0.5) is 0 Å². The molecule has 0 aliphatic rings. The van der Waals surface area contributed by atoms with Crippen molar-refractivity contribution in [1.29, 1.82) is 0 Å². The SMILES string of the molecule is C=CCNCc1ccc(OCC(=O)NC(C)(C)C)c(OC)c1.[Cl-]. The molecule has 23 heavy (non-hydrogen) atoms. The molecule has 1 amide bonds. The van der Waals surface area contributed by atoms with E-state index in [0.717, 1.165) is 12.1 Å². The van der Waals surface area contributed by atoms with Gasteiger partial charge in [-0.15, -0.1) is 6.58 Å². The summed E-state index contributed by atoms with van der Waals surface area (Å²) in [4.78, 5) is 11.8. The number of amides is 1. The fraction of sp³-hybridized carbons (Fsp3) is 0.471. The minimum atomic E-state index is -0.273. The van der Waals surface area contributed by atoms with Crippen LogP contribution in [0.15, 0.2) is 30.9 Å². The van der Waals surface area contributed by atoms with E-state index in [0.29, 0.717) is 18.0 Å². The zero-order valence-electron chi connectivity index (χ0n) is 14.2. The first kappa shape index (κ1) is 21.3. The Hall–Kier alpha value is -1.72. The van der Waals surface area contributed by atoms with Crippen molar-refractivity contribution in [2.75, 3.05) is 20.3 Å². The molecule has 0 aromatic heterocycles. The van der Waals surface area contributed by atoms with Crippen molar-refractivity contribution < 1.29 is 26.7 Å². The molecule has 0 spiro atoms. The van der Waals surface area contributed by atoms with Gasteiger partial charge in [-0.2, -0.15) is 0 Å². The Morgan fingerprint density at radius 2 is 2.00 bits per heavy atom. The van der Waals surface area contributed by atoms with Crippen molar-refractivity contribution in [1.82, 2.24) is 10.6 Å². The Balaban J connectivity index is 0.00000484. The van der Waals surface area contributed by atoms with Gasteiger partial charge in [0, 0.05) is 18.6 Å². The lowest BCUT2D eigenvalue weighted by Gasteiger charge is -2.20. The Labute approximate surface area is 144 Å². The molecule has 6 heteroatoms. The van der Waals surface area contributed by atoms with Gasteiger partial charge in [0.15, 0.2) is 18.1 Å². The summed E-state index contributed by atoms with van der Waals surface area (Å²) >= 11 is 0. The summed E-state index contributed by atoms with van der Waals surface area (Å²) in [6, 6.07) is 5.65. The maximum Gasteiger partial charge on any atom is 0.258 e. The molecule has 1 aromatic rings. The fourth-order valence-electron chi connectivity index (χ4n) is 1.86. The molecule has 0 radical (unpaired) electrons. The van der Waals surface area contributed by atoms with Crippen LogP contribution in [0.5, 0.6) is 11.5 Å². The van der Waals surface area contributed by atoms with Crippen molar-refractivity contribution >= 4 is 5.91 Å². The largest absolute Gasteiger partial charge is 1.00 e. The second-order valence-electron chi connectivity index (χ2n) is 5.99. The number of hydrogen-bond donors (Lipinski definition) is 2. The van der Waals surface area contributed by atoms with Crippen molar-refractivity contribution in [3.8, 4) is 11.5 Å². The van der Waals surface area contributed by atoms with Gasteiger partial charge in [0.25, 0.3) is 5.91 Å². The smallest absolute Gasteiger partial charge is 0.258 e. The number of ether oxygens (including phenoxy) is 2. The van der Waals surface area contributed by atoms with E-state index in [1.807, 2.05) is 45.0 Å². The molecule has 0 unspecified atom stereocenters. The summed E-state index contributed by atoms with van der Waals surface area (Å²) in [7, 11) is 1.58. The molecule has 2 N–H and O–H groups in total. The molecule has 0 saturated carbocycles. The Kier molecular flexibility index (Phi) is 9.37. The normalized spacial score (nSPS) is 10.4. The molecule has 1 aromatic carbocycles. The van der Waals surface area contributed by atoms with Gasteiger partial charge in [0.05, 0.1) is 7.11 Å². The quantitative estimate of drug-likeness (QED) is 0.483. The van der Waals surface area contributed by atoms with Crippen LogP contribution >= 0.6 is 0 Å². The van der Waals surface area contributed by atoms with Gasteiger partial charge in [-0.3, -0.25) is 4.79 Å². The number of rotatable bonds is 8. The molecular formula is C17H26ClN2O3-. The van der Waals surface area contributed by atoms with E-state index in [2.05, 4.69) is 17.2 Å². The van der Waals surface area contributed by atoms with Gasteiger partial charge in [-0.1, -0.05) is 12.1 Å². The van der Waals surface area contributed by atoms with Gasteiger partial charge in [-0.25, -0.2) is 0 Å². The zero-order chi connectivity index (χ0) is 16.6. The third-order valence-corrected chi connectivity index (χ3v) is 2.72. The van der Waals surface area contributed by atoms with Gasteiger partial charge in [0.1, 0.15) is 0 Å². The first-order valence-corrected chi connectivity index (χ1v) is 7.28. The van der Waals surface area contributed by atoms with Crippen LogP contribution in [0.1, 0.15) is 26.3 Å². The fourth-order valence-corrected chi connectivity index (χ4v) is 1.86. The van der Waals surface area contributed by atoms with Crippen LogP contribution in [-0.4, -0.2) is 31.7 Å². The summed E-state index contributed by atoms with van der Waals surface area (Å²) in [6.07, 6.45) is 1.81. The van der Waals surface area contributed by atoms with Gasteiger partial charge >= 0.3 is 0 Å². The summed E-state index contributed by atoms with van der Waals surface area (Å²) in [5.74, 6) is 1.01. The highest BCUT2D eigenvalue weighted by molar-refractivity contribution is 5.78. The maximum absolute atomic E-state index is 11.8. The van der Waals surface area contributed by atoms with Crippen LogP contribution in [0.2, 0.25) is 0 Å². The van der Waals surface area contributed by atoms with E-state index in [9.17, 15) is 4.79 Å². The second kappa shape index (κ2) is 10.1. The van der Waals surface area contributed by atoms with E-state index < -0.39 is 0 Å². The molecule has 0 aliphatic heterocycles. The molecule has 0 saturated heterocycles. The highest BCUT2D eigenvalue weighted by atomic mass is 35.5. The summed E-state index contributed by atoms with van der Waals surface area (Å²) in [6.45, 7) is 10.9. The first-order chi connectivity index (χ1) is 10.4. The van der Waals surface area contributed by atoms with Crippen molar-refractivity contribution in [3.05, 3.63) is 36.4 Å². The zero-order valence-corrected chi connectivity index (χ0v) is 15.0. The Bertz CT molecular complexity index is 513. The number of carbonyl (C=O) groups excluding carboxylic acids is 1. The topological polar surface area (TPSA) is 59.6 Å². The number of carbonyl (C=O) groups is 1. The van der Waals surface area contributed by atoms with Crippen molar-refractivity contribution in [2.45, 2.75) is 32.9 Å². The number of nitrogens with one attached hydrogen (secondary N) is 2. The molecule has 0 bridgehead atoms. The number of hydrogen-bond acceptors (Lipinski definition) is 4. The molecule has 5 nitrogen and oxygen atoms in total. The lowest BCUT2D eigenvalue weighted by molar-refractivity contribution is -0.124. The predicted octanol–water partition coefficient (Wildman–Crippen LogP) is -0.732. The van der Waals surface area contributed by atoms with Crippen LogP contribution < -0.4 is 32.5 Å². The van der Waals surface area contributed by atoms with Gasteiger partial charge in [-0.05, 0) is 38.5 Å². The van der Waals surface area contributed by atoms with Gasteiger partial charge in [0.2, 0.25) is 0 Å². The number of halogens is 1. The highest BCUT2D eigenvalue weighted by Crippen LogP contribution is 2.28. The molecule has 0 aliphatic carbocycles. The minimum Gasteiger partial charge on any atom is -1.00 e. The van der Waals surface area contributed by atoms with Crippen LogP contribution in [0, 0.1) is 0 Å². The Morgan fingerprint density at radius 3 is 2.57 bits per heavy atom. The molecule has 0 atom stereocenters. The van der Waals surface area contributed by atoms with Crippen LogP contribution in [0.25, 0.3) is 0 Å². The molecule has 130 valence electrons. The van der Waals surface area contributed by atoms with Crippen molar-refractivity contribution in [3.63, 3.8) is 0 Å². The van der Waals surface area contributed by atoms with E-state index >= 15 is 0 Å². The Morgan fingerprint density at radius 1 is 1.30 bits per heavy atom. The second-order valence-corrected chi connectivity index (χ2v) is 5.99. The lowest BCUT2D eigenvalue weighted by Crippen LogP contribution is -3.00. The maximum atomic E-state index is 11.8. The molecule has 0 heterocycles. The third-order valence-electron chi connectivity index (χ3n) is 2.72. The highest BCUT2D eigenvalue weighted by Gasteiger charge is 2.15. The summed E-state index contributed by atoms with van der Waals surface area (Å²) < 4.78 is 10.9. The van der Waals surface area contributed by atoms with E-state index in [4.69, 9.17) is 9.47 Å². The van der Waals surface area contributed by atoms with Crippen LogP contribution in [0.3, 0.4) is 0 Å². The average Bonchev–Trinajstić information content (AvgIpc) is 2.44. The van der Waals surface area contributed by atoms with Gasteiger partial charge < -0.3 is 32.5 Å². The summed E-state index contributed by atoms with van der Waals surface area (Å²) in [5, 5.41) is 6.07. The van der Waals surface area contributed by atoms with Crippen LogP contribution in [-0.2, 0) is 11.3 Å². The van der Waals surface area contributed by atoms with E-state index in [1.165, 1.54) is 0 Å². The lowest BCUT2D eigenvalue weighted by atomic mass is 10.1. The molecule has 0 fully saturated rings. The van der Waals surface area contributed by atoms with E-state index in [-0.39, 0.29) is 30.5 Å². The minimum absolute atomic E-state index is 0. The van der Waals surface area contributed by atoms with E-state index in [1.54, 1.807) is 7.11 Å². The standard InChI is InChI=1S/C17H26N2O3.ClH/c1-6-9-18-11-13-7-8-14(15(10-13)21-5)22-12-16(20)19-17(2,3)4;/h6-8,10,18H,1,9,11-12H2,2-5H3,(H,19,20);1H/p-1. The van der Waals surface area contributed by atoms with Crippen molar-refractivity contribution in [2.24, 2.45) is 0 Å². The molecular weight excluding hydrogens is 316 g/mol.